The Kier molecular flexibility index (Phi) is 5.17. The van der Waals surface area contributed by atoms with Crippen molar-refractivity contribution in [3.05, 3.63) is 98.8 Å². The van der Waals surface area contributed by atoms with E-state index in [4.69, 9.17) is 4.74 Å². The number of benzene rings is 3. The zero-order valence-corrected chi connectivity index (χ0v) is 18.1. The Morgan fingerprint density at radius 2 is 1.91 bits per heavy atom. The lowest BCUT2D eigenvalue weighted by Crippen LogP contribution is -2.22. The molecule has 5 rings (SSSR count). The first-order valence-electron chi connectivity index (χ1n) is 10.1. The van der Waals surface area contributed by atoms with E-state index in [1.165, 1.54) is 11.3 Å². The first-order valence-corrected chi connectivity index (χ1v) is 10.9. The number of hydrogen-bond donors (Lipinski definition) is 1. The van der Waals surface area contributed by atoms with Gasteiger partial charge in [0.15, 0.2) is 11.6 Å². The van der Waals surface area contributed by atoms with Crippen molar-refractivity contribution in [3.8, 4) is 5.75 Å². The van der Waals surface area contributed by atoms with Crippen molar-refractivity contribution in [2.75, 3.05) is 11.9 Å². The molecular formula is C25H19N3O3S. The van der Waals surface area contributed by atoms with Crippen molar-refractivity contribution in [1.29, 1.82) is 0 Å². The van der Waals surface area contributed by atoms with Crippen LogP contribution >= 0.6 is 11.3 Å². The lowest BCUT2D eigenvalue weighted by atomic mass is 10.2. The Labute approximate surface area is 187 Å². The Balaban J connectivity index is 1.29. The highest BCUT2D eigenvalue weighted by molar-refractivity contribution is 7.15. The minimum absolute atomic E-state index is 0.0770. The number of rotatable bonds is 5. The van der Waals surface area contributed by atoms with Gasteiger partial charge in [0, 0.05) is 5.69 Å². The van der Waals surface area contributed by atoms with Crippen molar-refractivity contribution < 1.29 is 9.53 Å². The van der Waals surface area contributed by atoms with E-state index in [9.17, 15) is 9.59 Å². The third-order valence-corrected chi connectivity index (χ3v) is 5.96. The summed E-state index contributed by atoms with van der Waals surface area (Å²) in [4.78, 5) is 30.2. The number of carbonyl (C=O) groups is 1. The van der Waals surface area contributed by atoms with Crippen LogP contribution in [0.1, 0.15) is 11.1 Å². The molecule has 0 aliphatic heterocycles. The van der Waals surface area contributed by atoms with Crippen LogP contribution in [0.25, 0.3) is 22.1 Å². The number of carbonyl (C=O) groups excluding carboxylic acids is 1. The van der Waals surface area contributed by atoms with Gasteiger partial charge in [-0.25, -0.2) is 9.38 Å². The third kappa shape index (κ3) is 3.98. The van der Waals surface area contributed by atoms with E-state index in [1.807, 2.05) is 73.7 Å². The molecule has 0 saturated carbocycles. The first kappa shape index (κ1) is 20.0. The predicted molar refractivity (Wildman–Crippen MR) is 127 cm³/mol. The number of nitrogens with one attached hydrogen (secondary N) is 1. The molecule has 0 aliphatic carbocycles. The summed E-state index contributed by atoms with van der Waals surface area (Å²) >= 11 is 1.36. The van der Waals surface area contributed by atoms with Gasteiger partial charge in [0.25, 0.3) is 11.5 Å². The van der Waals surface area contributed by atoms with E-state index in [1.54, 1.807) is 16.5 Å². The molecule has 0 fully saturated rings. The number of fused-ring (bicyclic) bond motifs is 3. The number of ether oxygens (including phenoxy) is 1. The minimum atomic E-state index is -0.226. The zero-order chi connectivity index (χ0) is 22.1. The minimum Gasteiger partial charge on any atom is -0.484 e. The predicted octanol–water partition coefficient (Wildman–Crippen LogP) is 3.78. The number of anilines is 1. The van der Waals surface area contributed by atoms with Gasteiger partial charge in [-0.2, -0.15) is 0 Å². The molecule has 0 aliphatic rings. The molecule has 2 heterocycles. The lowest BCUT2D eigenvalue weighted by molar-refractivity contribution is -0.118. The zero-order valence-electron chi connectivity index (χ0n) is 17.2. The molecule has 3 aromatic carbocycles. The fraction of sp³-hybridized carbons (Fsp3) is 0.0800. The van der Waals surface area contributed by atoms with Crippen LogP contribution in [-0.2, 0) is 4.79 Å². The van der Waals surface area contributed by atoms with E-state index < -0.39 is 0 Å². The van der Waals surface area contributed by atoms with Crippen LogP contribution < -0.4 is 20.1 Å². The van der Waals surface area contributed by atoms with Gasteiger partial charge in [-0.3, -0.25) is 9.59 Å². The van der Waals surface area contributed by atoms with E-state index in [-0.39, 0.29) is 18.1 Å². The smallest absolute Gasteiger partial charge is 0.274 e. The molecular weight excluding hydrogens is 422 g/mol. The van der Waals surface area contributed by atoms with Crippen LogP contribution in [0.15, 0.2) is 77.6 Å². The summed E-state index contributed by atoms with van der Waals surface area (Å²) in [5.74, 6) is 0.354. The van der Waals surface area contributed by atoms with Crippen molar-refractivity contribution in [3.63, 3.8) is 0 Å². The summed E-state index contributed by atoms with van der Waals surface area (Å²) < 4.78 is 7.85. The number of thiazole rings is 1. The molecule has 2 aromatic heterocycles. The summed E-state index contributed by atoms with van der Waals surface area (Å²) in [7, 11) is 0. The van der Waals surface area contributed by atoms with E-state index >= 15 is 0 Å². The molecule has 5 aromatic rings. The molecule has 0 atom stereocenters. The first-order chi connectivity index (χ1) is 15.6. The number of hydrogen-bond acceptors (Lipinski definition) is 5. The van der Waals surface area contributed by atoms with Gasteiger partial charge in [0.2, 0.25) is 0 Å². The van der Waals surface area contributed by atoms with Gasteiger partial charge in [-0.1, -0.05) is 47.7 Å². The number of amides is 1. The van der Waals surface area contributed by atoms with Crippen LogP contribution in [0.5, 0.6) is 5.75 Å². The number of imidazole rings is 1. The number of nitrogens with zero attached hydrogens (tertiary/aromatic N) is 2. The van der Waals surface area contributed by atoms with E-state index in [2.05, 4.69) is 10.3 Å². The molecule has 158 valence electrons. The van der Waals surface area contributed by atoms with Gasteiger partial charge < -0.3 is 10.1 Å². The summed E-state index contributed by atoms with van der Waals surface area (Å²) in [5, 5.41) is 2.81. The van der Waals surface area contributed by atoms with Crippen LogP contribution in [0.4, 0.5) is 5.69 Å². The highest BCUT2D eigenvalue weighted by atomic mass is 32.1. The molecule has 0 spiro atoms. The number of para-hydroxylation sites is 2. The second kappa shape index (κ2) is 8.28. The maximum atomic E-state index is 12.9. The molecule has 6 nitrogen and oxygen atoms in total. The topological polar surface area (TPSA) is 72.7 Å². The van der Waals surface area contributed by atoms with Crippen LogP contribution in [0.3, 0.4) is 0 Å². The maximum Gasteiger partial charge on any atom is 0.274 e. The molecule has 0 radical (unpaired) electrons. The van der Waals surface area contributed by atoms with Crippen molar-refractivity contribution >= 4 is 45.0 Å². The summed E-state index contributed by atoms with van der Waals surface area (Å²) in [6, 6.07) is 22.5. The van der Waals surface area contributed by atoms with Crippen molar-refractivity contribution in [2.24, 2.45) is 0 Å². The standard InChI is InChI=1S/C25H19N3O3S/c1-16-5-4-6-18(13-16)26-23(29)15-31-19-11-9-17(10-12-19)14-22-24(30)28-21-8-3-2-7-20(21)27-25(28)32-22/h2-14H,15H2,1H3,(H,26,29)/b22-14+. The monoisotopic (exact) mass is 441 g/mol. The Morgan fingerprint density at radius 1 is 1.09 bits per heavy atom. The second-order valence-corrected chi connectivity index (χ2v) is 8.42. The largest absolute Gasteiger partial charge is 0.484 e. The fourth-order valence-corrected chi connectivity index (χ4v) is 4.48. The van der Waals surface area contributed by atoms with Crippen LogP contribution in [0, 0.1) is 6.92 Å². The van der Waals surface area contributed by atoms with Crippen LogP contribution in [0.2, 0.25) is 0 Å². The number of aromatic nitrogens is 2. The number of aryl methyl sites for hydroxylation is 1. The Morgan fingerprint density at radius 3 is 2.72 bits per heavy atom. The van der Waals surface area contributed by atoms with Gasteiger partial charge in [0.1, 0.15) is 5.75 Å². The molecule has 32 heavy (non-hydrogen) atoms. The maximum absolute atomic E-state index is 12.9. The van der Waals surface area contributed by atoms with Crippen molar-refractivity contribution in [1.82, 2.24) is 9.38 Å². The molecule has 0 bridgehead atoms. The summed E-state index contributed by atoms with van der Waals surface area (Å²) in [6.45, 7) is 1.88. The van der Waals surface area contributed by atoms with Gasteiger partial charge >= 0.3 is 0 Å². The van der Waals surface area contributed by atoms with Gasteiger partial charge in [-0.05, 0) is 60.5 Å². The average Bonchev–Trinajstić information content (AvgIpc) is 3.29. The molecule has 1 N–H and O–H groups in total. The molecule has 1 amide bonds. The highest BCUT2D eigenvalue weighted by Gasteiger charge is 2.10. The Bertz CT molecular complexity index is 1550. The summed E-state index contributed by atoms with van der Waals surface area (Å²) in [6.07, 6.45) is 1.84. The normalized spacial score (nSPS) is 11.8. The molecule has 7 heteroatoms. The highest BCUT2D eigenvalue weighted by Crippen LogP contribution is 2.17. The quantitative estimate of drug-likeness (QED) is 0.451. The van der Waals surface area contributed by atoms with Crippen molar-refractivity contribution in [2.45, 2.75) is 6.92 Å². The Hall–Kier alpha value is -3.97. The van der Waals surface area contributed by atoms with E-state index in [0.717, 1.165) is 27.8 Å². The molecule has 0 saturated heterocycles. The second-order valence-electron chi connectivity index (χ2n) is 7.41. The van der Waals surface area contributed by atoms with Gasteiger partial charge in [0.05, 0.1) is 15.6 Å². The average molecular weight is 442 g/mol. The van der Waals surface area contributed by atoms with Gasteiger partial charge in [-0.15, -0.1) is 0 Å². The summed E-state index contributed by atoms with van der Waals surface area (Å²) in [5.41, 5.74) is 4.24. The third-order valence-electron chi connectivity index (χ3n) is 4.99. The fourth-order valence-electron chi connectivity index (χ4n) is 3.49. The van der Waals surface area contributed by atoms with Crippen LogP contribution in [-0.4, -0.2) is 21.9 Å². The van der Waals surface area contributed by atoms with E-state index in [0.29, 0.717) is 15.2 Å². The lowest BCUT2D eigenvalue weighted by Gasteiger charge is -2.08. The molecule has 0 unspecified atom stereocenters. The SMILES string of the molecule is Cc1cccc(NC(=O)COc2ccc(/C=c3/sc4nc5ccccc5n4c3=O)cc2)c1.